The summed E-state index contributed by atoms with van der Waals surface area (Å²) < 4.78 is 3.50. The van der Waals surface area contributed by atoms with Crippen LogP contribution in [0.3, 0.4) is 0 Å². The molecule has 2 rings (SSSR count). The van der Waals surface area contributed by atoms with Gasteiger partial charge in [-0.05, 0) is 32.6 Å². The van der Waals surface area contributed by atoms with E-state index < -0.39 is 11.2 Å². The van der Waals surface area contributed by atoms with E-state index in [1.165, 1.54) is 21.2 Å². The van der Waals surface area contributed by atoms with Crippen LogP contribution in [-0.4, -0.2) is 37.3 Å². The van der Waals surface area contributed by atoms with E-state index in [0.717, 1.165) is 55.2 Å². The Morgan fingerprint density at radius 1 is 1.12 bits per heavy atom. The lowest BCUT2D eigenvalue weighted by Crippen LogP contribution is -2.42. The third-order valence-electron chi connectivity index (χ3n) is 5.80. The number of hydrogen-bond acceptors (Lipinski definition) is 6. The van der Waals surface area contributed by atoms with Crippen LogP contribution in [0, 0.1) is 19.8 Å². The summed E-state index contributed by atoms with van der Waals surface area (Å²) in [6.45, 7) is 14.0. The fourth-order valence-corrected chi connectivity index (χ4v) is 4.75. The van der Waals surface area contributed by atoms with Gasteiger partial charge in [-0.2, -0.15) is 0 Å². The molecule has 34 heavy (non-hydrogen) atoms. The molecular weight excluding hydrogens is 452 g/mol. The predicted molar refractivity (Wildman–Crippen MR) is 140 cm³/mol. The number of hydrogen-bond donors (Lipinski definition) is 2. The van der Waals surface area contributed by atoms with Crippen LogP contribution >= 0.6 is 11.8 Å². The smallest absolute Gasteiger partial charge is 0.330 e. The van der Waals surface area contributed by atoms with Crippen molar-refractivity contribution in [1.29, 1.82) is 0 Å². The predicted octanol–water partition coefficient (Wildman–Crippen LogP) is 3.70. The number of carbonyl (C=O) groups excluding carboxylic acids is 1. The number of carbonyl (C=O) groups is 1. The van der Waals surface area contributed by atoms with Crippen LogP contribution in [0.25, 0.3) is 0 Å². The second-order valence-electron chi connectivity index (χ2n) is 9.11. The molecule has 0 atom stereocenters. The van der Waals surface area contributed by atoms with Crippen molar-refractivity contribution in [3.05, 3.63) is 32.2 Å². The highest BCUT2D eigenvalue weighted by molar-refractivity contribution is 7.99. The number of aromatic amines is 1. The van der Waals surface area contributed by atoms with Gasteiger partial charge in [-0.3, -0.25) is 19.1 Å². The number of imidazole rings is 1. The highest BCUT2D eigenvalue weighted by Crippen LogP contribution is 2.25. The Labute approximate surface area is 206 Å². The zero-order valence-electron chi connectivity index (χ0n) is 21.4. The Morgan fingerprint density at radius 3 is 2.41 bits per heavy atom. The Balaban J connectivity index is 2.38. The summed E-state index contributed by atoms with van der Waals surface area (Å²) in [7, 11) is 0. The van der Waals surface area contributed by atoms with Gasteiger partial charge in [0.05, 0.1) is 11.4 Å². The van der Waals surface area contributed by atoms with Crippen LogP contribution in [0.15, 0.2) is 14.7 Å². The average Bonchev–Trinajstić information content (AvgIpc) is 3.03. The molecular formula is C24H40N6O3S. The van der Waals surface area contributed by atoms with Gasteiger partial charge in [0.25, 0.3) is 5.56 Å². The van der Waals surface area contributed by atoms with Crippen LogP contribution in [-0.2, 0) is 17.9 Å². The quantitative estimate of drug-likeness (QED) is 0.325. The fourth-order valence-electron chi connectivity index (χ4n) is 3.78. The van der Waals surface area contributed by atoms with Crippen molar-refractivity contribution in [2.45, 2.75) is 91.9 Å². The third-order valence-corrected chi connectivity index (χ3v) is 6.76. The molecule has 0 unspecified atom stereocenters. The summed E-state index contributed by atoms with van der Waals surface area (Å²) in [5.74, 6) is 0.376. The number of thioether (sulfide) groups is 1. The maximum atomic E-state index is 13.4. The first-order valence-electron chi connectivity index (χ1n) is 12.2. The van der Waals surface area contributed by atoms with Gasteiger partial charge in [0.2, 0.25) is 5.91 Å². The molecule has 0 saturated carbocycles. The Morgan fingerprint density at radius 2 is 1.79 bits per heavy atom. The maximum absolute atomic E-state index is 13.4. The number of amides is 1. The van der Waals surface area contributed by atoms with Crippen LogP contribution in [0.5, 0.6) is 0 Å². The normalized spacial score (nSPS) is 11.4. The van der Waals surface area contributed by atoms with Gasteiger partial charge in [-0.15, -0.1) is 0 Å². The minimum absolute atomic E-state index is 0.0463. The summed E-state index contributed by atoms with van der Waals surface area (Å²) in [6, 6.07) is 0. The Kier molecular flexibility index (Phi) is 10.5. The topological polar surface area (TPSA) is 119 Å². The number of unbranched alkanes of at least 4 members (excludes halogenated alkanes) is 3. The van der Waals surface area contributed by atoms with E-state index in [-0.39, 0.29) is 23.2 Å². The number of rotatable bonds is 13. The number of aromatic nitrogens is 4. The van der Waals surface area contributed by atoms with E-state index in [1.807, 2.05) is 20.8 Å². The summed E-state index contributed by atoms with van der Waals surface area (Å²) in [5, 5.41) is 0.792. The molecule has 0 fully saturated rings. The van der Waals surface area contributed by atoms with Crippen molar-refractivity contribution in [1.82, 2.24) is 19.1 Å². The van der Waals surface area contributed by atoms with Crippen molar-refractivity contribution in [2.75, 3.05) is 22.9 Å². The molecule has 0 aliphatic heterocycles. The van der Waals surface area contributed by atoms with E-state index >= 15 is 0 Å². The van der Waals surface area contributed by atoms with E-state index in [9.17, 15) is 14.4 Å². The fraction of sp³-hybridized carbons (Fsp3) is 0.667. The van der Waals surface area contributed by atoms with Crippen molar-refractivity contribution in [2.24, 2.45) is 5.92 Å². The zero-order valence-corrected chi connectivity index (χ0v) is 22.3. The molecule has 2 aromatic rings. The zero-order chi connectivity index (χ0) is 25.4. The van der Waals surface area contributed by atoms with Crippen molar-refractivity contribution < 1.29 is 4.79 Å². The molecule has 0 aliphatic carbocycles. The van der Waals surface area contributed by atoms with Gasteiger partial charge >= 0.3 is 5.69 Å². The van der Waals surface area contributed by atoms with Crippen molar-refractivity contribution in [3.63, 3.8) is 0 Å². The summed E-state index contributed by atoms with van der Waals surface area (Å²) in [4.78, 5) is 47.0. The van der Waals surface area contributed by atoms with Crippen LogP contribution in [0.2, 0.25) is 0 Å². The largest absolute Gasteiger partial charge is 0.383 e. The summed E-state index contributed by atoms with van der Waals surface area (Å²) in [5.41, 5.74) is 7.23. The van der Waals surface area contributed by atoms with Gasteiger partial charge < -0.3 is 15.2 Å². The van der Waals surface area contributed by atoms with E-state index in [1.54, 1.807) is 0 Å². The third kappa shape index (κ3) is 6.77. The number of H-pyrrole nitrogens is 1. The van der Waals surface area contributed by atoms with E-state index in [4.69, 9.17) is 5.73 Å². The summed E-state index contributed by atoms with van der Waals surface area (Å²) in [6.07, 6.45) is 4.25. The molecule has 190 valence electrons. The molecule has 2 aromatic heterocycles. The lowest BCUT2D eigenvalue weighted by Gasteiger charge is -2.24. The minimum Gasteiger partial charge on any atom is -0.383 e. The molecule has 0 saturated heterocycles. The molecule has 0 radical (unpaired) electrons. The molecule has 9 nitrogen and oxygen atoms in total. The number of nitrogens with zero attached hydrogens (tertiary/aromatic N) is 4. The van der Waals surface area contributed by atoms with Crippen molar-refractivity contribution >= 4 is 29.2 Å². The number of nitrogens with two attached hydrogens (primary N) is 1. The lowest BCUT2D eigenvalue weighted by molar-refractivity contribution is -0.116. The number of anilines is 2. The van der Waals surface area contributed by atoms with Crippen LogP contribution < -0.4 is 21.9 Å². The maximum Gasteiger partial charge on any atom is 0.330 e. The molecule has 10 heteroatoms. The molecule has 3 N–H and O–H groups in total. The van der Waals surface area contributed by atoms with Crippen molar-refractivity contribution in [3.8, 4) is 0 Å². The molecule has 0 aliphatic rings. The molecule has 0 spiro atoms. The first kappa shape index (κ1) is 27.8. The van der Waals surface area contributed by atoms with Gasteiger partial charge in [0.15, 0.2) is 10.8 Å². The van der Waals surface area contributed by atoms with E-state index in [2.05, 4.69) is 35.3 Å². The van der Waals surface area contributed by atoms with Gasteiger partial charge in [-0.25, -0.2) is 9.78 Å². The number of nitrogens with one attached hydrogen (secondary N) is 1. The molecule has 1 amide bonds. The Hall–Kier alpha value is -2.49. The van der Waals surface area contributed by atoms with Gasteiger partial charge in [-0.1, -0.05) is 58.7 Å². The first-order valence-corrected chi connectivity index (χ1v) is 13.2. The number of nitrogen functional groups attached to an aromatic ring is 1. The highest BCUT2D eigenvalue weighted by Gasteiger charge is 2.25. The molecule has 2 heterocycles. The minimum atomic E-state index is -0.627. The summed E-state index contributed by atoms with van der Waals surface area (Å²) >= 11 is 1.37. The van der Waals surface area contributed by atoms with Gasteiger partial charge in [0.1, 0.15) is 5.82 Å². The lowest BCUT2D eigenvalue weighted by atomic mass is 10.2. The first-order chi connectivity index (χ1) is 16.1. The van der Waals surface area contributed by atoms with E-state index in [0.29, 0.717) is 19.0 Å². The van der Waals surface area contributed by atoms with Gasteiger partial charge in [0, 0.05) is 25.3 Å². The number of aryl methyl sites for hydroxylation is 1. The monoisotopic (exact) mass is 492 g/mol. The molecule has 0 bridgehead atoms. The highest BCUT2D eigenvalue weighted by atomic mass is 32.2. The second-order valence-corrected chi connectivity index (χ2v) is 10.1. The molecule has 0 aromatic carbocycles. The van der Waals surface area contributed by atoms with Crippen LogP contribution in [0.4, 0.5) is 11.5 Å². The SMILES string of the molecule is CCCCCN(C(=O)CSc1nc(C)c(C)n1CC(C)C)c1c(N)n(CCCC)c(=O)[nH]c1=O. The van der Waals surface area contributed by atoms with Crippen LogP contribution in [0.1, 0.15) is 71.2 Å². The Bertz CT molecular complexity index is 1090. The average molecular weight is 493 g/mol. The standard InChI is InChI=1S/C24H40N6O3S/c1-7-9-11-13-28(20-21(25)29(12-10-8-2)23(33)27-22(20)32)19(31)15-34-24-26-17(5)18(6)30(24)14-16(3)4/h16H,7-15,25H2,1-6H3,(H,27,32,33). The second kappa shape index (κ2) is 12.8.